The Morgan fingerprint density at radius 3 is 2.40 bits per heavy atom. The molecule has 10 nitrogen and oxygen atoms in total. The Hall–Kier alpha value is -5.66. The van der Waals surface area contributed by atoms with E-state index in [1.807, 2.05) is 26.8 Å². The van der Waals surface area contributed by atoms with Gasteiger partial charge in [-0.15, -0.1) is 5.10 Å². The number of alkyl halides is 3. The largest absolute Gasteiger partial charge is 0.489 e. The molecule has 1 aliphatic rings. The topological polar surface area (TPSA) is 145 Å². The Bertz CT molecular complexity index is 2110. The first-order valence-corrected chi connectivity index (χ1v) is 15.7. The molecule has 6 rings (SSSR count). The maximum Gasteiger partial charge on any atom is 0.398 e. The molecule has 4 N–H and O–H groups in total. The van der Waals surface area contributed by atoms with E-state index >= 15 is 0 Å². The number of primary amides is 1. The Morgan fingerprint density at radius 1 is 1.02 bits per heavy atom. The smallest absolute Gasteiger partial charge is 0.398 e. The van der Waals surface area contributed by atoms with Gasteiger partial charge in [0.05, 0.1) is 22.6 Å². The number of anilines is 2. The van der Waals surface area contributed by atoms with Gasteiger partial charge in [-0.05, 0) is 86.0 Å². The average molecular weight is 688 g/mol. The minimum absolute atomic E-state index is 0.0132. The fourth-order valence-corrected chi connectivity index (χ4v) is 5.72. The van der Waals surface area contributed by atoms with Crippen LogP contribution in [-0.4, -0.2) is 51.3 Å². The van der Waals surface area contributed by atoms with Gasteiger partial charge in [-0.3, -0.25) is 14.6 Å². The zero-order valence-electron chi connectivity index (χ0n) is 27.5. The van der Waals surface area contributed by atoms with E-state index in [1.54, 1.807) is 24.4 Å². The van der Waals surface area contributed by atoms with Crippen molar-refractivity contribution in [1.82, 2.24) is 25.5 Å². The van der Waals surface area contributed by atoms with Crippen LogP contribution < -0.4 is 21.1 Å². The molecule has 0 radical (unpaired) electrons. The third-order valence-electron chi connectivity index (χ3n) is 8.69. The molecule has 14 heteroatoms. The van der Waals surface area contributed by atoms with Crippen LogP contribution in [0.25, 0.3) is 22.2 Å². The summed E-state index contributed by atoms with van der Waals surface area (Å²) in [5.41, 5.74) is 6.71. The summed E-state index contributed by atoms with van der Waals surface area (Å²) in [4.78, 5) is 34.9. The maximum absolute atomic E-state index is 14.8. The van der Waals surface area contributed by atoms with Crippen molar-refractivity contribution in [2.24, 2.45) is 5.73 Å². The molecule has 0 spiro atoms. The zero-order valence-corrected chi connectivity index (χ0v) is 27.5. The molecule has 2 atom stereocenters. The standard InChI is InChI=1S/C36H33F4N7O3/c1-18(2)26-9-10-29(47-46-26)44-28-13-22(12-21-11-19(3)15-42-30(21)28)33(48)43-16-25(36(38,39)40)27-14-24-32(50-17-35(24,4)34(41)49)31(45-27)20-5-7-23(37)8-6-20/h5-15,18,25H,16-17H2,1-4H3,(H2,41,49)(H,43,48)(H,44,47)/t25-,35+/m1/s1. The normalized spacial score (nSPS) is 16.2. The molecule has 0 saturated heterocycles. The number of pyridine rings is 2. The number of nitrogens with zero attached hydrogens (tertiary/aromatic N) is 4. The van der Waals surface area contributed by atoms with Gasteiger partial charge < -0.3 is 21.1 Å². The van der Waals surface area contributed by atoms with E-state index in [4.69, 9.17) is 10.5 Å². The summed E-state index contributed by atoms with van der Waals surface area (Å²) in [6.07, 6.45) is -3.22. The monoisotopic (exact) mass is 687 g/mol. The van der Waals surface area contributed by atoms with Crippen LogP contribution in [-0.2, 0) is 10.2 Å². The van der Waals surface area contributed by atoms with E-state index in [1.165, 1.54) is 25.1 Å². The maximum atomic E-state index is 14.8. The van der Waals surface area contributed by atoms with Gasteiger partial charge >= 0.3 is 6.18 Å². The molecule has 50 heavy (non-hydrogen) atoms. The molecule has 2 aromatic carbocycles. The van der Waals surface area contributed by atoms with Gasteiger partial charge in [0.2, 0.25) is 5.91 Å². The number of nitrogens with one attached hydrogen (secondary N) is 2. The number of halogens is 4. The fraction of sp³-hybridized carbons (Fsp3) is 0.278. The SMILES string of the molecule is Cc1cnc2c(Nc3ccc(C(C)C)nn3)cc(C(=O)NC[C@H](c3cc4c(c(-c5ccc(F)cc5)n3)OC[C@]4(C)C(N)=O)C(F)(F)F)cc2c1. The second kappa shape index (κ2) is 13.0. The van der Waals surface area contributed by atoms with Gasteiger partial charge in [0.25, 0.3) is 5.91 Å². The summed E-state index contributed by atoms with van der Waals surface area (Å²) in [5.74, 6) is -3.81. The molecule has 2 amide bonds. The van der Waals surface area contributed by atoms with Crippen LogP contribution in [0, 0.1) is 12.7 Å². The quantitative estimate of drug-likeness (QED) is 0.147. The summed E-state index contributed by atoms with van der Waals surface area (Å²) in [6.45, 7) is 6.16. The Morgan fingerprint density at radius 2 is 1.76 bits per heavy atom. The number of amides is 2. The van der Waals surface area contributed by atoms with Crippen LogP contribution in [0.15, 0.2) is 66.9 Å². The van der Waals surface area contributed by atoms with Crippen molar-refractivity contribution in [1.29, 1.82) is 0 Å². The van der Waals surface area contributed by atoms with Crippen molar-refractivity contribution < 1.29 is 31.9 Å². The number of fused-ring (bicyclic) bond motifs is 2. The molecule has 1 aliphatic heterocycles. The summed E-state index contributed by atoms with van der Waals surface area (Å²) >= 11 is 0. The van der Waals surface area contributed by atoms with E-state index in [9.17, 15) is 27.2 Å². The molecule has 0 saturated carbocycles. The highest BCUT2D eigenvalue weighted by atomic mass is 19.4. The number of rotatable bonds is 9. The molecule has 4 heterocycles. The van der Waals surface area contributed by atoms with Crippen LogP contribution in [0.2, 0.25) is 0 Å². The van der Waals surface area contributed by atoms with Crippen molar-refractivity contribution in [3.05, 3.63) is 101 Å². The van der Waals surface area contributed by atoms with E-state index in [0.29, 0.717) is 22.4 Å². The van der Waals surface area contributed by atoms with Crippen molar-refractivity contribution in [3.8, 4) is 17.0 Å². The number of aryl methyl sites for hydroxylation is 1. The van der Waals surface area contributed by atoms with Gasteiger partial charge in [0.15, 0.2) is 5.82 Å². The number of hydrogen-bond donors (Lipinski definition) is 3. The molecular formula is C36H33F4N7O3. The average Bonchev–Trinajstić information content (AvgIpc) is 3.41. The molecule has 5 aromatic rings. The van der Waals surface area contributed by atoms with E-state index in [2.05, 4.69) is 30.8 Å². The number of benzene rings is 2. The Labute approximate surface area is 284 Å². The number of carbonyl (C=O) groups excluding carboxylic acids is 2. The highest BCUT2D eigenvalue weighted by Crippen LogP contribution is 2.46. The van der Waals surface area contributed by atoms with Gasteiger partial charge in [0, 0.05) is 34.8 Å². The molecule has 0 unspecified atom stereocenters. The van der Waals surface area contributed by atoms with Gasteiger partial charge in [-0.2, -0.15) is 18.3 Å². The van der Waals surface area contributed by atoms with Gasteiger partial charge in [-0.1, -0.05) is 13.8 Å². The Kier molecular flexibility index (Phi) is 8.89. The van der Waals surface area contributed by atoms with E-state index in [-0.39, 0.29) is 40.7 Å². The van der Waals surface area contributed by atoms with E-state index < -0.39 is 47.4 Å². The van der Waals surface area contributed by atoms with Crippen molar-refractivity contribution in [2.75, 3.05) is 18.5 Å². The number of carbonyl (C=O) groups is 2. The number of ether oxygens (including phenoxy) is 1. The van der Waals surface area contributed by atoms with Crippen LogP contribution in [0.5, 0.6) is 5.75 Å². The number of hydrogen-bond acceptors (Lipinski definition) is 8. The van der Waals surface area contributed by atoms with Crippen LogP contribution >= 0.6 is 0 Å². The van der Waals surface area contributed by atoms with Crippen LogP contribution in [0.4, 0.5) is 29.1 Å². The van der Waals surface area contributed by atoms with Crippen molar-refractivity contribution in [3.63, 3.8) is 0 Å². The Balaban J connectivity index is 1.35. The summed E-state index contributed by atoms with van der Waals surface area (Å²) in [6, 6.07) is 14.5. The van der Waals surface area contributed by atoms with Crippen molar-refractivity contribution >= 4 is 34.2 Å². The summed E-state index contributed by atoms with van der Waals surface area (Å²) in [5, 5.41) is 14.6. The fourth-order valence-electron chi connectivity index (χ4n) is 5.72. The lowest BCUT2D eigenvalue weighted by Crippen LogP contribution is -2.40. The third-order valence-corrected chi connectivity index (χ3v) is 8.69. The lowest BCUT2D eigenvalue weighted by molar-refractivity contribution is -0.149. The summed E-state index contributed by atoms with van der Waals surface area (Å²) < 4.78 is 63.9. The first-order chi connectivity index (χ1) is 23.6. The molecular weight excluding hydrogens is 654 g/mol. The van der Waals surface area contributed by atoms with Gasteiger partial charge in [0.1, 0.15) is 35.2 Å². The van der Waals surface area contributed by atoms with Crippen LogP contribution in [0.3, 0.4) is 0 Å². The third kappa shape index (κ3) is 6.65. The predicted octanol–water partition coefficient (Wildman–Crippen LogP) is 6.61. The minimum atomic E-state index is -4.88. The lowest BCUT2D eigenvalue weighted by atomic mass is 9.82. The highest BCUT2D eigenvalue weighted by Gasteiger charge is 2.47. The van der Waals surface area contributed by atoms with E-state index in [0.717, 1.165) is 29.5 Å². The second-order valence-electron chi connectivity index (χ2n) is 12.8. The lowest BCUT2D eigenvalue weighted by Gasteiger charge is -2.24. The molecule has 3 aromatic heterocycles. The van der Waals surface area contributed by atoms with Crippen molar-refractivity contribution in [2.45, 2.75) is 51.1 Å². The second-order valence-corrected chi connectivity index (χ2v) is 12.8. The predicted molar refractivity (Wildman–Crippen MR) is 179 cm³/mol. The number of aromatic nitrogens is 4. The van der Waals surface area contributed by atoms with Gasteiger partial charge in [-0.25, -0.2) is 9.37 Å². The van der Waals surface area contributed by atoms with Crippen LogP contribution in [0.1, 0.15) is 65.5 Å². The summed E-state index contributed by atoms with van der Waals surface area (Å²) in [7, 11) is 0. The molecule has 0 aliphatic carbocycles. The molecule has 0 fully saturated rings. The minimum Gasteiger partial charge on any atom is -0.489 e. The first-order valence-electron chi connectivity index (χ1n) is 15.7. The zero-order chi connectivity index (χ0) is 36.0. The number of nitrogens with two attached hydrogens (primary N) is 1. The highest BCUT2D eigenvalue weighted by molar-refractivity contribution is 6.03. The molecule has 0 bridgehead atoms. The molecule has 258 valence electrons. The first kappa shape index (κ1) is 34.2.